The summed E-state index contributed by atoms with van der Waals surface area (Å²) in [4.78, 5) is 38.5. The van der Waals surface area contributed by atoms with Crippen molar-refractivity contribution in [1.82, 2.24) is 9.47 Å². The Labute approximate surface area is 158 Å². The number of aromatic nitrogens is 1. The Morgan fingerprint density at radius 2 is 2.12 bits per heavy atom. The number of thioether (sulfide) groups is 1. The zero-order valence-electron chi connectivity index (χ0n) is 15.8. The van der Waals surface area contributed by atoms with E-state index in [4.69, 9.17) is 4.74 Å². The summed E-state index contributed by atoms with van der Waals surface area (Å²) < 4.78 is 7.41. The minimum absolute atomic E-state index is 0.00566. The van der Waals surface area contributed by atoms with Gasteiger partial charge in [0.15, 0.2) is 6.61 Å². The van der Waals surface area contributed by atoms with Crippen LogP contribution in [0.5, 0.6) is 0 Å². The minimum atomic E-state index is -0.583. The molecule has 26 heavy (non-hydrogen) atoms. The van der Waals surface area contributed by atoms with Gasteiger partial charge < -0.3 is 14.2 Å². The molecule has 3 heterocycles. The lowest BCUT2D eigenvalue weighted by atomic mass is 10.1. The summed E-state index contributed by atoms with van der Waals surface area (Å²) >= 11 is 1.62. The number of ether oxygens (including phenoxy) is 1. The second-order valence-corrected chi connectivity index (χ2v) is 8.73. The van der Waals surface area contributed by atoms with Crippen LogP contribution < -0.4 is 0 Å². The standard InChI is InChI=1S/C19H26N2O4S/c1-5-8-20-12(2)9-14(13(20)3)16(22)10-25-18(24)15-11-26-19(4)7-6-17(23)21(15)19/h9,15H,5-8,10-11H2,1-4H3/t15-,19-/m1/s1. The number of hydrogen-bond donors (Lipinski definition) is 0. The van der Waals surface area contributed by atoms with Crippen LogP contribution in [0.1, 0.15) is 54.9 Å². The quantitative estimate of drug-likeness (QED) is 0.562. The molecule has 0 bridgehead atoms. The molecule has 2 saturated heterocycles. The molecular weight excluding hydrogens is 352 g/mol. The van der Waals surface area contributed by atoms with Gasteiger partial charge in [-0.2, -0.15) is 0 Å². The molecule has 0 spiro atoms. The Balaban J connectivity index is 1.64. The highest BCUT2D eigenvalue weighted by Gasteiger charge is 2.53. The maximum absolute atomic E-state index is 12.5. The molecule has 0 unspecified atom stereocenters. The van der Waals surface area contributed by atoms with Crippen LogP contribution in [0.3, 0.4) is 0 Å². The van der Waals surface area contributed by atoms with E-state index in [0.29, 0.717) is 17.7 Å². The first kappa shape index (κ1) is 19.0. The summed E-state index contributed by atoms with van der Waals surface area (Å²) in [5.74, 6) is -0.156. The van der Waals surface area contributed by atoms with E-state index < -0.39 is 12.0 Å². The van der Waals surface area contributed by atoms with Crippen molar-refractivity contribution in [2.75, 3.05) is 12.4 Å². The number of rotatable bonds is 6. The van der Waals surface area contributed by atoms with E-state index in [-0.39, 0.29) is 23.2 Å². The zero-order chi connectivity index (χ0) is 19.1. The maximum Gasteiger partial charge on any atom is 0.330 e. The smallest absolute Gasteiger partial charge is 0.330 e. The molecule has 6 nitrogen and oxygen atoms in total. The molecule has 1 aromatic heterocycles. The average molecular weight is 378 g/mol. The second-order valence-electron chi connectivity index (χ2n) is 7.23. The summed E-state index contributed by atoms with van der Waals surface area (Å²) in [6, 6.07) is 1.27. The molecule has 0 aromatic carbocycles. The van der Waals surface area contributed by atoms with Crippen LogP contribution in [0.15, 0.2) is 6.07 Å². The van der Waals surface area contributed by atoms with Gasteiger partial charge in [0.1, 0.15) is 6.04 Å². The first-order chi connectivity index (χ1) is 12.3. The van der Waals surface area contributed by atoms with E-state index >= 15 is 0 Å². The van der Waals surface area contributed by atoms with Crippen LogP contribution in [0, 0.1) is 13.8 Å². The predicted molar refractivity (Wildman–Crippen MR) is 100 cm³/mol. The monoisotopic (exact) mass is 378 g/mol. The van der Waals surface area contributed by atoms with Crippen LogP contribution in [0.4, 0.5) is 0 Å². The molecule has 7 heteroatoms. The van der Waals surface area contributed by atoms with Crippen LogP contribution in [0.2, 0.25) is 0 Å². The molecule has 0 radical (unpaired) electrons. The van der Waals surface area contributed by atoms with Crippen molar-refractivity contribution in [3.05, 3.63) is 23.0 Å². The average Bonchev–Trinajstić information content (AvgIpc) is 3.19. The predicted octanol–water partition coefficient (Wildman–Crippen LogP) is 2.69. The first-order valence-corrected chi connectivity index (χ1v) is 10.1. The van der Waals surface area contributed by atoms with Crippen molar-refractivity contribution in [3.63, 3.8) is 0 Å². The van der Waals surface area contributed by atoms with Gasteiger partial charge in [-0.25, -0.2) is 4.79 Å². The Morgan fingerprint density at radius 1 is 1.38 bits per heavy atom. The molecule has 2 fully saturated rings. The Hall–Kier alpha value is -1.76. The number of esters is 1. The van der Waals surface area contributed by atoms with Crippen molar-refractivity contribution in [2.45, 2.75) is 64.4 Å². The molecule has 0 saturated carbocycles. The largest absolute Gasteiger partial charge is 0.456 e. The van der Waals surface area contributed by atoms with Crippen molar-refractivity contribution in [3.8, 4) is 0 Å². The molecule has 2 aliphatic heterocycles. The lowest BCUT2D eigenvalue weighted by molar-refractivity contribution is -0.152. The fraction of sp³-hybridized carbons (Fsp3) is 0.632. The Morgan fingerprint density at radius 3 is 2.81 bits per heavy atom. The number of fused-ring (bicyclic) bond motifs is 1. The van der Waals surface area contributed by atoms with Gasteiger partial charge in [0.25, 0.3) is 0 Å². The molecule has 1 aromatic rings. The van der Waals surface area contributed by atoms with Crippen LogP contribution in [-0.2, 0) is 20.9 Å². The van der Waals surface area contributed by atoms with Gasteiger partial charge in [-0.3, -0.25) is 9.59 Å². The number of aryl methyl sites for hydroxylation is 1. The van der Waals surface area contributed by atoms with Crippen molar-refractivity contribution >= 4 is 29.4 Å². The third kappa shape index (κ3) is 3.17. The molecular formula is C19H26N2O4S. The molecule has 3 rings (SSSR count). The fourth-order valence-electron chi connectivity index (χ4n) is 3.96. The summed E-state index contributed by atoms with van der Waals surface area (Å²) in [6.07, 6.45) is 2.21. The van der Waals surface area contributed by atoms with Gasteiger partial charge in [-0.1, -0.05) is 6.92 Å². The van der Waals surface area contributed by atoms with Gasteiger partial charge in [0, 0.05) is 35.7 Å². The molecule has 0 aliphatic carbocycles. The summed E-state index contributed by atoms with van der Waals surface area (Å²) in [6.45, 7) is 8.55. The van der Waals surface area contributed by atoms with Gasteiger partial charge in [0.05, 0.1) is 4.87 Å². The molecule has 1 amide bonds. The van der Waals surface area contributed by atoms with E-state index in [1.165, 1.54) is 0 Å². The number of Topliss-reactive ketones (excluding diaryl/α,β-unsaturated/α-hetero) is 1. The number of carbonyl (C=O) groups is 3. The van der Waals surface area contributed by atoms with Crippen LogP contribution in [0.25, 0.3) is 0 Å². The zero-order valence-corrected chi connectivity index (χ0v) is 16.6. The minimum Gasteiger partial charge on any atom is -0.456 e. The lowest BCUT2D eigenvalue weighted by Gasteiger charge is -2.29. The van der Waals surface area contributed by atoms with E-state index in [2.05, 4.69) is 11.5 Å². The number of nitrogens with zero attached hydrogens (tertiary/aromatic N) is 2. The van der Waals surface area contributed by atoms with Crippen LogP contribution >= 0.6 is 11.8 Å². The normalized spacial score (nSPS) is 24.8. The Bertz CT molecular complexity index is 757. The first-order valence-electron chi connectivity index (χ1n) is 9.11. The molecule has 142 valence electrons. The van der Waals surface area contributed by atoms with Gasteiger partial charge in [0.2, 0.25) is 11.7 Å². The highest BCUT2D eigenvalue weighted by molar-refractivity contribution is 8.01. The summed E-state index contributed by atoms with van der Waals surface area (Å²) in [5.41, 5.74) is 2.54. The Kier molecular flexibility index (Phi) is 5.19. The third-order valence-electron chi connectivity index (χ3n) is 5.38. The number of ketones is 1. The SMILES string of the molecule is CCCn1c(C)cc(C(=O)COC(=O)[C@H]2CS[C@]3(C)CCC(=O)N23)c1C. The van der Waals surface area contributed by atoms with Gasteiger partial charge in [-0.15, -0.1) is 11.8 Å². The topological polar surface area (TPSA) is 68.6 Å². The van der Waals surface area contributed by atoms with E-state index in [0.717, 1.165) is 30.8 Å². The van der Waals surface area contributed by atoms with E-state index in [1.807, 2.05) is 26.8 Å². The van der Waals surface area contributed by atoms with Crippen LogP contribution in [-0.4, -0.2) is 50.4 Å². The summed E-state index contributed by atoms with van der Waals surface area (Å²) in [5, 5.41) is 0. The van der Waals surface area contributed by atoms with E-state index in [1.54, 1.807) is 16.7 Å². The number of hydrogen-bond acceptors (Lipinski definition) is 5. The number of carbonyl (C=O) groups excluding carboxylic acids is 3. The van der Waals surface area contributed by atoms with Crippen molar-refractivity contribution in [1.29, 1.82) is 0 Å². The van der Waals surface area contributed by atoms with Crippen molar-refractivity contribution < 1.29 is 19.1 Å². The fourth-order valence-corrected chi connectivity index (χ4v) is 5.37. The highest BCUT2D eigenvalue weighted by atomic mass is 32.2. The lowest BCUT2D eigenvalue weighted by Crippen LogP contribution is -2.46. The number of amides is 1. The van der Waals surface area contributed by atoms with Crippen molar-refractivity contribution in [2.24, 2.45) is 0 Å². The second kappa shape index (κ2) is 7.10. The maximum atomic E-state index is 12.5. The molecule has 2 aliphatic rings. The van der Waals surface area contributed by atoms with Gasteiger partial charge >= 0.3 is 5.97 Å². The highest BCUT2D eigenvalue weighted by Crippen LogP contribution is 2.47. The summed E-state index contributed by atoms with van der Waals surface area (Å²) in [7, 11) is 0. The van der Waals surface area contributed by atoms with Gasteiger partial charge in [-0.05, 0) is 39.7 Å². The third-order valence-corrected chi connectivity index (χ3v) is 6.89. The molecule has 2 atom stereocenters. The van der Waals surface area contributed by atoms with E-state index in [9.17, 15) is 14.4 Å². The molecule has 0 N–H and O–H groups in total.